The Kier molecular flexibility index (Phi) is 3.39. The smallest absolute Gasteiger partial charge is 0.417 e. The molecular weight excluding hydrogens is 307 g/mol. The molecule has 3 aromatic rings. The molecule has 0 aliphatic carbocycles. The van der Waals surface area contributed by atoms with Crippen LogP contribution in [0.5, 0.6) is 0 Å². The average molecular weight is 319 g/mol. The second kappa shape index (κ2) is 5.15. The van der Waals surface area contributed by atoms with Crippen LogP contribution in [0.15, 0.2) is 48.5 Å². The standard InChI is InChI=1S/C17H12F3NO2/c1-21-14(16(22)23)9-10-5-4-7-12(15(10)21)11-6-2-3-8-13(11)17(18,19)20/h2-9H,1H3,(H,22,23). The van der Waals surface area contributed by atoms with Gasteiger partial charge in [-0.3, -0.25) is 0 Å². The predicted molar refractivity (Wildman–Crippen MR) is 80.3 cm³/mol. The van der Waals surface area contributed by atoms with E-state index in [1.54, 1.807) is 18.2 Å². The number of alkyl halides is 3. The van der Waals surface area contributed by atoms with Crippen LogP contribution < -0.4 is 0 Å². The highest BCUT2D eigenvalue weighted by molar-refractivity contribution is 6.01. The Morgan fingerprint density at radius 1 is 1.04 bits per heavy atom. The van der Waals surface area contributed by atoms with Gasteiger partial charge in [-0.1, -0.05) is 36.4 Å². The quantitative estimate of drug-likeness (QED) is 0.752. The minimum absolute atomic E-state index is 0.0249. The number of aromatic nitrogens is 1. The number of nitrogens with zero attached hydrogens (tertiary/aromatic N) is 1. The van der Waals surface area contributed by atoms with Crippen molar-refractivity contribution in [3.05, 3.63) is 59.8 Å². The normalized spacial score (nSPS) is 11.8. The van der Waals surface area contributed by atoms with E-state index in [2.05, 4.69) is 0 Å². The zero-order valence-corrected chi connectivity index (χ0v) is 12.1. The van der Waals surface area contributed by atoms with Crippen molar-refractivity contribution in [2.75, 3.05) is 0 Å². The predicted octanol–water partition coefficient (Wildman–Crippen LogP) is 4.56. The fourth-order valence-corrected chi connectivity index (χ4v) is 2.80. The number of aromatic carboxylic acids is 1. The summed E-state index contributed by atoms with van der Waals surface area (Å²) >= 11 is 0. The Labute approximate surface area is 129 Å². The highest BCUT2D eigenvalue weighted by Crippen LogP contribution is 2.39. The fraction of sp³-hybridized carbons (Fsp3) is 0.118. The molecule has 0 bridgehead atoms. The number of aryl methyl sites for hydroxylation is 1. The number of carboxylic acid groups (broad SMARTS) is 1. The molecule has 0 aliphatic rings. The van der Waals surface area contributed by atoms with E-state index in [1.807, 2.05) is 0 Å². The van der Waals surface area contributed by atoms with Crippen LogP contribution in [0.2, 0.25) is 0 Å². The average Bonchev–Trinajstić information content (AvgIpc) is 2.84. The van der Waals surface area contributed by atoms with Gasteiger partial charge < -0.3 is 9.67 Å². The van der Waals surface area contributed by atoms with Crippen molar-refractivity contribution in [3.63, 3.8) is 0 Å². The molecule has 0 aliphatic heterocycles. The minimum atomic E-state index is -4.49. The van der Waals surface area contributed by atoms with Crippen molar-refractivity contribution < 1.29 is 23.1 Å². The van der Waals surface area contributed by atoms with Gasteiger partial charge in [0.25, 0.3) is 0 Å². The van der Waals surface area contributed by atoms with E-state index in [0.29, 0.717) is 16.5 Å². The van der Waals surface area contributed by atoms with Crippen molar-refractivity contribution in [3.8, 4) is 11.1 Å². The molecule has 0 amide bonds. The Morgan fingerprint density at radius 2 is 1.70 bits per heavy atom. The van der Waals surface area contributed by atoms with Crippen molar-refractivity contribution in [1.29, 1.82) is 0 Å². The van der Waals surface area contributed by atoms with Gasteiger partial charge in [0, 0.05) is 18.0 Å². The van der Waals surface area contributed by atoms with E-state index in [0.717, 1.165) is 6.07 Å². The number of fused-ring (bicyclic) bond motifs is 1. The molecule has 118 valence electrons. The third-order valence-electron chi connectivity index (χ3n) is 3.80. The van der Waals surface area contributed by atoms with E-state index < -0.39 is 17.7 Å². The van der Waals surface area contributed by atoms with Gasteiger partial charge in [-0.05, 0) is 17.7 Å². The highest BCUT2D eigenvalue weighted by atomic mass is 19.4. The Balaban J connectivity index is 2.37. The van der Waals surface area contributed by atoms with Gasteiger partial charge in [-0.25, -0.2) is 4.79 Å². The van der Waals surface area contributed by atoms with Crippen molar-refractivity contribution >= 4 is 16.9 Å². The van der Waals surface area contributed by atoms with Gasteiger partial charge in [-0.2, -0.15) is 13.2 Å². The van der Waals surface area contributed by atoms with Gasteiger partial charge in [0.1, 0.15) is 5.69 Å². The molecule has 6 heteroatoms. The molecule has 1 heterocycles. The molecular formula is C17H12F3NO2. The second-order valence-electron chi connectivity index (χ2n) is 5.18. The lowest BCUT2D eigenvalue weighted by molar-refractivity contribution is -0.137. The lowest BCUT2D eigenvalue weighted by Gasteiger charge is -2.14. The summed E-state index contributed by atoms with van der Waals surface area (Å²) in [5.41, 5.74) is 0.123. The number of rotatable bonds is 2. The van der Waals surface area contributed by atoms with Gasteiger partial charge in [0.15, 0.2) is 0 Å². The van der Waals surface area contributed by atoms with Crippen LogP contribution in [-0.4, -0.2) is 15.6 Å². The Hall–Kier alpha value is -2.76. The van der Waals surface area contributed by atoms with Crippen molar-refractivity contribution in [2.24, 2.45) is 7.05 Å². The van der Waals surface area contributed by atoms with E-state index in [4.69, 9.17) is 0 Å². The zero-order chi connectivity index (χ0) is 16.8. The first kappa shape index (κ1) is 15.1. The van der Waals surface area contributed by atoms with E-state index >= 15 is 0 Å². The summed E-state index contributed by atoms with van der Waals surface area (Å²) in [5, 5.41) is 9.79. The first-order chi connectivity index (χ1) is 10.8. The maximum atomic E-state index is 13.3. The summed E-state index contributed by atoms with van der Waals surface area (Å²) in [6, 6.07) is 11.6. The first-order valence-electron chi connectivity index (χ1n) is 6.79. The van der Waals surface area contributed by atoms with Crippen molar-refractivity contribution in [2.45, 2.75) is 6.18 Å². The maximum absolute atomic E-state index is 13.3. The Bertz CT molecular complexity index is 910. The molecule has 0 saturated carbocycles. The number of carboxylic acids is 1. The SMILES string of the molecule is Cn1c(C(=O)O)cc2cccc(-c3ccccc3C(F)(F)F)c21. The summed E-state index contributed by atoms with van der Waals surface area (Å²) in [6.07, 6.45) is -4.49. The van der Waals surface area contributed by atoms with Gasteiger partial charge in [0.05, 0.1) is 11.1 Å². The summed E-state index contributed by atoms with van der Waals surface area (Å²) in [7, 11) is 1.53. The number of carbonyl (C=O) groups is 1. The molecule has 2 aromatic carbocycles. The van der Waals surface area contributed by atoms with Crippen LogP contribution in [0, 0.1) is 0 Å². The lowest BCUT2D eigenvalue weighted by atomic mass is 9.97. The van der Waals surface area contributed by atoms with E-state index in [-0.39, 0.29) is 11.3 Å². The summed E-state index contributed by atoms with van der Waals surface area (Å²) < 4.78 is 41.2. The van der Waals surface area contributed by atoms with Crippen LogP contribution in [0.25, 0.3) is 22.0 Å². The number of halogens is 3. The molecule has 3 nitrogen and oxygen atoms in total. The molecule has 1 N–H and O–H groups in total. The number of para-hydroxylation sites is 1. The molecule has 0 unspecified atom stereocenters. The third kappa shape index (κ3) is 2.46. The maximum Gasteiger partial charge on any atom is 0.417 e. The van der Waals surface area contributed by atoms with Crippen LogP contribution in [-0.2, 0) is 13.2 Å². The molecule has 0 radical (unpaired) electrons. The molecule has 1 aromatic heterocycles. The van der Waals surface area contributed by atoms with Crippen LogP contribution in [0.4, 0.5) is 13.2 Å². The fourth-order valence-electron chi connectivity index (χ4n) is 2.80. The topological polar surface area (TPSA) is 42.2 Å². The molecule has 3 rings (SSSR count). The second-order valence-corrected chi connectivity index (χ2v) is 5.18. The van der Waals surface area contributed by atoms with Gasteiger partial charge >= 0.3 is 12.1 Å². The largest absolute Gasteiger partial charge is 0.477 e. The summed E-state index contributed by atoms with van der Waals surface area (Å²) in [4.78, 5) is 11.3. The van der Waals surface area contributed by atoms with Crippen molar-refractivity contribution in [1.82, 2.24) is 4.57 Å². The molecule has 23 heavy (non-hydrogen) atoms. The van der Waals surface area contributed by atoms with Gasteiger partial charge in [-0.15, -0.1) is 0 Å². The van der Waals surface area contributed by atoms with Crippen LogP contribution in [0.1, 0.15) is 16.1 Å². The Morgan fingerprint density at radius 3 is 2.35 bits per heavy atom. The molecule has 0 saturated heterocycles. The van der Waals surface area contributed by atoms with E-state index in [1.165, 1.54) is 35.9 Å². The zero-order valence-electron chi connectivity index (χ0n) is 12.1. The number of benzene rings is 2. The van der Waals surface area contributed by atoms with Crippen LogP contribution in [0.3, 0.4) is 0 Å². The third-order valence-corrected chi connectivity index (χ3v) is 3.80. The van der Waals surface area contributed by atoms with E-state index in [9.17, 15) is 23.1 Å². The lowest BCUT2D eigenvalue weighted by Crippen LogP contribution is -2.08. The molecule has 0 fully saturated rings. The van der Waals surface area contributed by atoms with Gasteiger partial charge in [0.2, 0.25) is 0 Å². The molecule has 0 atom stereocenters. The number of hydrogen-bond acceptors (Lipinski definition) is 1. The van der Waals surface area contributed by atoms with Crippen LogP contribution >= 0.6 is 0 Å². The highest BCUT2D eigenvalue weighted by Gasteiger charge is 2.33. The minimum Gasteiger partial charge on any atom is -0.477 e. The summed E-state index contributed by atoms with van der Waals surface area (Å²) in [6.45, 7) is 0. The molecule has 0 spiro atoms. The number of hydrogen-bond donors (Lipinski definition) is 1. The first-order valence-corrected chi connectivity index (χ1v) is 6.79. The summed E-state index contributed by atoms with van der Waals surface area (Å²) in [5.74, 6) is -1.13. The monoisotopic (exact) mass is 319 g/mol.